The van der Waals surface area contributed by atoms with Gasteiger partial charge in [0.05, 0.1) is 10.2 Å². The highest BCUT2D eigenvalue weighted by atomic mass is 79.9. The molecule has 1 aromatic carbocycles. The standard InChI is InChI=1S/C16H25BrN2O4S/c1-5-24(21,22)19(4)10-6-9-18-16(20)13(3)23-15-8-7-12(2)11-14(15)17/h7-8,11,13H,5-6,9-10H2,1-4H3,(H,18,20). The lowest BCUT2D eigenvalue weighted by Gasteiger charge is -2.18. The molecule has 1 N–H and O–H groups in total. The Kier molecular flexibility index (Phi) is 8.18. The largest absolute Gasteiger partial charge is 0.480 e. The number of carbonyl (C=O) groups is 1. The molecule has 0 bridgehead atoms. The van der Waals surface area contributed by atoms with E-state index in [9.17, 15) is 13.2 Å². The molecule has 8 heteroatoms. The molecule has 1 amide bonds. The predicted molar refractivity (Wildman–Crippen MR) is 98.7 cm³/mol. The fourth-order valence-electron chi connectivity index (χ4n) is 1.96. The van der Waals surface area contributed by atoms with E-state index in [1.807, 2.05) is 25.1 Å². The molecule has 1 rings (SSSR count). The monoisotopic (exact) mass is 420 g/mol. The average molecular weight is 421 g/mol. The van der Waals surface area contributed by atoms with E-state index >= 15 is 0 Å². The lowest BCUT2D eigenvalue weighted by molar-refractivity contribution is -0.127. The van der Waals surface area contributed by atoms with Gasteiger partial charge in [-0.05, 0) is 60.8 Å². The van der Waals surface area contributed by atoms with Crippen molar-refractivity contribution in [2.75, 3.05) is 25.9 Å². The number of hydrogen-bond acceptors (Lipinski definition) is 4. The summed E-state index contributed by atoms with van der Waals surface area (Å²) in [7, 11) is -1.63. The van der Waals surface area contributed by atoms with Gasteiger partial charge in [0.2, 0.25) is 10.0 Å². The Morgan fingerprint density at radius 1 is 1.42 bits per heavy atom. The van der Waals surface area contributed by atoms with Gasteiger partial charge in [-0.15, -0.1) is 0 Å². The molecule has 0 aliphatic rings. The maximum Gasteiger partial charge on any atom is 0.260 e. The van der Waals surface area contributed by atoms with Crippen molar-refractivity contribution in [2.24, 2.45) is 0 Å². The van der Waals surface area contributed by atoms with Crippen molar-refractivity contribution in [2.45, 2.75) is 33.3 Å². The van der Waals surface area contributed by atoms with Gasteiger partial charge in [-0.1, -0.05) is 6.07 Å². The van der Waals surface area contributed by atoms with Crippen LogP contribution in [-0.4, -0.2) is 50.6 Å². The van der Waals surface area contributed by atoms with Crippen molar-refractivity contribution in [3.05, 3.63) is 28.2 Å². The second-order valence-corrected chi connectivity index (χ2v) is 8.78. The van der Waals surface area contributed by atoms with Crippen molar-refractivity contribution in [3.8, 4) is 5.75 Å². The zero-order chi connectivity index (χ0) is 18.3. The molecule has 1 unspecified atom stereocenters. The first-order chi connectivity index (χ1) is 11.2. The van der Waals surface area contributed by atoms with Crippen molar-refractivity contribution < 1.29 is 17.9 Å². The fourth-order valence-corrected chi connectivity index (χ4v) is 3.40. The molecule has 0 heterocycles. The van der Waals surface area contributed by atoms with Gasteiger partial charge in [-0.3, -0.25) is 4.79 Å². The number of ether oxygens (including phenoxy) is 1. The number of halogens is 1. The van der Waals surface area contributed by atoms with E-state index in [4.69, 9.17) is 4.74 Å². The Bertz CT molecular complexity index is 664. The lowest BCUT2D eigenvalue weighted by Crippen LogP contribution is -2.38. The van der Waals surface area contributed by atoms with Gasteiger partial charge in [-0.25, -0.2) is 12.7 Å². The number of nitrogens with one attached hydrogen (secondary N) is 1. The van der Waals surface area contributed by atoms with Crippen molar-refractivity contribution in [1.29, 1.82) is 0 Å². The smallest absolute Gasteiger partial charge is 0.260 e. The quantitative estimate of drug-likeness (QED) is 0.621. The number of nitrogens with zero attached hydrogens (tertiary/aromatic N) is 1. The minimum absolute atomic E-state index is 0.0756. The fraction of sp³-hybridized carbons (Fsp3) is 0.562. The maximum absolute atomic E-state index is 12.0. The van der Waals surface area contributed by atoms with E-state index in [1.54, 1.807) is 20.9 Å². The predicted octanol–water partition coefficient (Wildman–Crippen LogP) is 2.31. The van der Waals surface area contributed by atoms with E-state index in [-0.39, 0.29) is 11.7 Å². The molecule has 0 aromatic heterocycles. The highest BCUT2D eigenvalue weighted by molar-refractivity contribution is 9.10. The van der Waals surface area contributed by atoms with Gasteiger partial charge in [0.15, 0.2) is 6.10 Å². The summed E-state index contributed by atoms with van der Waals surface area (Å²) < 4.78 is 31.0. The van der Waals surface area contributed by atoms with Crippen LogP contribution in [-0.2, 0) is 14.8 Å². The van der Waals surface area contributed by atoms with Gasteiger partial charge >= 0.3 is 0 Å². The Hall–Kier alpha value is -1.12. The molecular weight excluding hydrogens is 396 g/mol. The number of sulfonamides is 1. The van der Waals surface area contributed by atoms with Crippen LogP contribution in [0.1, 0.15) is 25.8 Å². The molecule has 0 fully saturated rings. The Labute approximate surface area is 152 Å². The second-order valence-electron chi connectivity index (χ2n) is 5.56. The average Bonchev–Trinajstić information content (AvgIpc) is 2.53. The van der Waals surface area contributed by atoms with Crippen LogP contribution in [0.2, 0.25) is 0 Å². The zero-order valence-corrected chi connectivity index (χ0v) is 16.9. The van der Waals surface area contributed by atoms with Gasteiger partial charge in [0.1, 0.15) is 5.75 Å². The number of aryl methyl sites for hydroxylation is 1. The number of carbonyl (C=O) groups excluding carboxylic acids is 1. The third-order valence-corrected chi connectivity index (χ3v) is 6.03. The Balaban J connectivity index is 2.40. The van der Waals surface area contributed by atoms with Crippen molar-refractivity contribution in [1.82, 2.24) is 9.62 Å². The van der Waals surface area contributed by atoms with Gasteiger partial charge in [0, 0.05) is 20.1 Å². The van der Waals surface area contributed by atoms with Gasteiger partial charge in [-0.2, -0.15) is 0 Å². The van der Waals surface area contributed by atoms with E-state index < -0.39 is 16.1 Å². The highest BCUT2D eigenvalue weighted by Gasteiger charge is 2.17. The molecule has 24 heavy (non-hydrogen) atoms. The van der Waals surface area contributed by atoms with E-state index in [2.05, 4.69) is 21.2 Å². The highest BCUT2D eigenvalue weighted by Crippen LogP contribution is 2.26. The molecule has 1 aromatic rings. The van der Waals surface area contributed by atoms with Gasteiger partial charge in [0.25, 0.3) is 5.91 Å². The number of rotatable bonds is 9. The molecule has 136 valence electrons. The van der Waals surface area contributed by atoms with Crippen molar-refractivity contribution >= 4 is 31.9 Å². The third kappa shape index (κ3) is 6.41. The summed E-state index contributed by atoms with van der Waals surface area (Å²) in [5.41, 5.74) is 1.09. The van der Waals surface area contributed by atoms with Gasteiger partial charge < -0.3 is 10.1 Å². The number of amides is 1. The molecule has 6 nitrogen and oxygen atoms in total. The second kappa shape index (κ2) is 9.39. The summed E-state index contributed by atoms with van der Waals surface area (Å²) >= 11 is 3.41. The summed E-state index contributed by atoms with van der Waals surface area (Å²) in [6.07, 6.45) is -0.0938. The molecule has 0 spiro atoms. The zero-order valence-electron chi connectivity index (χ0n) is 14.5. The van der Waals surface area contributed by atoms with Crippen LogP contribution in [0, 0.1) is 6.92 Å². The summed E-state index contributed by atoms with van der Waals surface area (Å²) in [4.78, 5) is 12.0. The molecule has 0 aliphatic heterocycles. The molecule has 1 atom stereocenters. The first kappa shape index (κ1) is 20.9. The van der Waals surface area contributed by atoms with Crippen LogP contribution < -0.4 is 10.1 Å². The minimum atomic E-state index is -3.17. The maximum atomic E-state index is 12.0. The lowest BCUT2D eigenvalue weighted by atomic mass is 10.2. The third-order valence-electron chi connectivity index (χ3n) is 3.55. The Morgan fingerprint density at radius 3 is 2.67 bits per heavy atom. The van der Waals surface area contributed by atoms with Crippen LogP contribution in [0.4, 0.5) is 0 Å². The van der Waals surface area contributed by atoms with Crippen LogP contribution in [0.5, 0.6) is 5.75 Å². The minimum Gasteiger partial charge on any atom is -0.480 e. The number of benzene rings is 1. The van der Waals surface area contributed by atoms with Crippen LogP contribution in [0.25, 0.3) is 0 Å². The van der Waals surface area contributed by atoms with E-state index in [0.717, 1.165) is 10.0 Å². The first-order valence-corrected chi connectivity index (χ1v) is 10.2. The molecular formula is C16H25BrN2O4S. The van der Waals surface area contributed by atoms with E-state index in [0.29, 0.717) is 25.3 Å². The normalized spacial score (nSPS) is 12.9. The SMILES string of the molecule is CCS(=O)(=O)N(C)CCCNC(=O)C(C)Oc1ccc(C)cc1Br. The summed E-state index contributed by atoms with van der Waals surface area (Å²) in [5.74, 6) is 0.451. The van der Waals surface area contributed by atoms with Crippen LogP contribution in [0.3, 0.4) is 0 Å². The molecule has 0 saturated heterocycles. The van der Waals surface area contributed by atoms with Crippen LogP contribution >= 0.6 is 15.9 Å². The molecule has 0 saturated carbocycles. The molecule has 0 radical (unpaired) electrons. The number of hydrogen-bond donors (Lipinski definition) is 1. The van der Waals surface area contributed by atoms with Crippen LogP contribution in [0.15, 0.2) is 22.7 Å². The summed E-state index contributed by atoms with van der Waals surface area (Å²) in [6.45, 7) is 6.02. The topological polar surface area (TPSA) is 75.7 Å². The Morgan fingerprint density at radius 2 is 2.08 bits per heavy atom. The van der Waals surface area contributed by atoms with E-state index in [1.165, 1.54) is 4.31 Å². The molecule has 0 aliphatic carbocycles. The van der Waals surface area contributed by atoms with Crippen molar-refractivity contribution in [3.63, 3.8) is 0 Å². The summed E-state index contributed by atoms with van der Waals surface area (Å²) in [5, 5.41) is 2.76. The summed E-state index contributed by atoms with van der Waals surface area (Å²) in [6, 6.07) is 5.65. The first-order valence-electron chi connectivity index (χ1n) is 7.82.